The summed E-state index contributed by atoms with van der Waals surface area (Å²) in [5, 5.41) is 3.05. The SMILES string of the molecule is CCC[C@@H](N1CCNCC1)C(F)(F)F.Cl.Cl. The number of hydrogen-bond donors (Lipinski definition) is 1. The van der Waals surface area contributed by atoms with Crippen molar-refractivity contribution < 1.29 is 13.2 Å². The van der Waals surface area contributed by atoms with E-state index in [9.17, 15) is 13.2 Å². The van der Waals surface area contributed by atoms with Gasteiger partial charge in [0.05, 0.1) is 0 Å². The van der Waals surface area contributed by atoms with E-state index >= 15 is 0 Å². The Hall–Kier alpha value is 0.290. The second kappa shape index (κ2) is 8.39. The molecule has 2 nitrogen and oxygen atoms in total. The van der Waals surface area contributed by atoms with Gasteiger partial charge in [0.15, 0.2) is 0 Å². The van der Waals surface area contributed by atoms with Gasteiger partial charge in [-0.2, -0.15) is 13.2 Å². The molecule has 1 aliphatic rings. The van der Waals surface area contributed by atoms with Crippen molar-refractivity contribution in [2.75, 3.05) is 26.2 Å². The predicted molar refractivity (Wildman–Crippen MR) is 63.7 cm³/mol. The predicted octanol–water partition coefficient (Wildman–Crippen LogP) is 2.47. The van der Waals surface area contributed by atoms with E-state index in [2.05, 4.69) is 5.32 Å². The van der Waals surface area contributed by atoms with Gasteiger partial charge in [-0.05, 0) is 6.42 Å². The average Bonchev–Trinajstić information content (AvgIpc) is 2.14. The summed E-state index contributed by atoms with van der Waals surface area (Å²) >= 11 is 0. The van der Waals surface area contributed by atoms with Gasteiger partial charge in [-0.1, -0.05) is 13.3 Å². The molecule has 1 aliphatic heterocycles. The van der Waals surface area contributed by atoms with Crippen LogP contribution < -0.4 is 5.32 Å². The lowest BCUT2D eigenvalue weighted by Gasteiger charge is -2.35. The van der Waals surface area contributed by atoms with Crippen molar-refractivity contribution in [1.82, 2.24) is 10.2 Å². The zero-order chi connectivity index (χ0) is 10.6. The molecular weight excluding hydrogens is 264 g/mol. The number of nitrogens with one attached hydrogen (secondary N) is 1. The summed E-state index contributed by atoms with van der Waals surface area (Å²) in [4.78, 5) is 1.54. The number of halogens is 5. The van der Waals surface area contributed by atoms with Crippen LogP contribution in [0.15, 0.2) is 0 Å². The van der Waals surface area contributed by atoms with E-state index < -0.39 is 12.2 Å². The quantitative estimate of drug-likeness (QED) is 0.856. The van der Waals surface area contributed by atoms with Gasteiger partial charge in [-0.15, -0.1) is 24.8 Å². The van der Waals surface area contributed by atoms with E-state index in [-0.39, 0.29) is 31.2 Å². The van der Waals surface area contributed by atoms with Crippen LogP contribution in [0.25, 0.3) is 0 Å². The lowest BCUT2D eigenvalue weighted by Crippen LogP contribution is -2.53. The Labute approximate surface area is 107 Å². The first-order chi connectivity index (χ1) is 6.55. The topological polar surface area (TPSA) is 15.3 Å². The highest BCUT2D eigenvalue weighted by molar-refractivity contribution is 5.85. The van der Waals surface area contributed by atoms with Crippen molar-refractivity contribution in [1.29, 1.82) is 0 Å². The minimum atomic E-state index is -4.08. The molecule has 7 heteroatoms. The van der Waals surface area contributed by atoms with Gasteiger partial charge in [-0.25, -0.2) is 0 Å². The van der Waals surface area contributed by atoms with Crippen LogP contribution in [0.5, 0.6) is 0 Å². The first-order valence-electron chi connectivity index (χ1n) is 5.07. The molecule has 0 spiro atoms. The number of alkyl halides is 3. The van der Waals surface area contributed by atoms with E-state index in [4.69, 9.17) is 0 Å². The Bertz CT molecular complexity index is 173. The number of hydrogen-bond acceptors (Lipinski definition) is 2. The van der Waals surface area contributed by atoms with Crippen molar-refractivity contribution in [3.05, 3.63) is 0 Å². The number of rotatable bonds is 3. The maximum Gasteiger partial charge on any atom is 0.404 e. The Balaban J connectivity index is 0. The molecule has 0 radical (unpaired) electrons. The molecular formula is C9H19Cl2F3N2. The molecule has 1 N–H and O–H groups in total. The van der Waals surface area contributed by atoms with Gasteiger partial charge in [0.1, 0.15) is 6.04 Å². The van der Waals surface area contributed by atoms with E-state index in [1.807, 2.05) is 0 Å². The van der Waals surface area contributed by atoms with Crippen molar-refractivity contribution in [3.63, 3.8) is 0 Å². The molecule has 1 heterocycles. The molecule has 1 saturated heterocycles. The van der Waals surface area contributed by atoms with E-state index in [0.29, 0.717) is 32.6 Å². The maximum absolute atomic E-state index is 12.6. The zero-order valence-electron chi connectivity index (χ0n) is 9.22. The van der Waals surface area contributed by atoms with Crippen molar-refractivity contribution in [2.24, 2.45) is 0 Å². The molecule has 16 heavy (non-hydrogen) atoms. The molecule has 0 unspecified atom stereocenters. The largest absolute Gasteiger partial charge is 0.404 e. The van der Waals surface area contributed by atoms with Crippen molar-refractivity contribution in [2.45, 2.75) is 32.0 Å². The minimum Gasteiger partial charge on any atom is -0.314 e. The van der Waals surface area contributed by atoms with Gasteiger partial charge >= 0.3 is 6.18 Å². The smallest absolute Gasteiger partial charge is 0.314 e. The van der Waals surface area contributed by atoms with Crippen molar-refractivity contribution in [3.8, 4) is 0 Å². The van der Waals surface area contributed by atoms with Gasteiger partial charge in [0.25, 0.3) is 0 Å². The fourth-order valence-corrected chi connectivity index (χ4v) is 1.82. The second-order valence-electron chi connectivity index (χ2n) is 3.63. The summed E-state index contributed by atoms with van der Waals surface area (Å²) in [5.41, 5.74) is 0. The average molecular weight is 283 g/mol. The summed E-state index contributed by atoms with van der Waals surface area (Å²) in [6.07, 6.45) is -3.29. The molecule has 0 aromatic carbocycles. The molecule has 0 saturated carbocycles. The van der Waals surface area contributed by atoms with Gasteiger partial charge in [0.2, 0.25) is 0 Å². The lowest BCUT2D eigenvalue weighted by atomic mass is 10.1. The maximum atomic E-state index is 12.6. The molecule has 0 aliphatic carbocycles. The Morgan fingerprint density at radius 1 is 1.19 bits per heavy atom. The molecule has 1 fully saturated rings. The van der Waals surface area contributed by atoms with Crippen LogP contribution in [0.4, 0.5) is 13.2 Å². The van der Waals surface area contributed by atoms with Crippen LogP contribution in [0.3, 0.4) is 0 Å². The molecule has 0 bridgehead atoms. The number of nitrogens with zero attached hydrogens (tertiary/aromatic N) is 1. The first-order valence-corrected chi connectivity index (χ1v) is 5.07. The number of piperazine rings is 1. The van der Waals surface area contributed by atoms with Crippen molar-refractivity contribution >= 4 is 24.8 Å². The highest BCUT2D eigenvalue weighted by atomic mass is 35.5. The van der Waals surface area contributed by atoms with Gasteiger partial charge < -0.3 is 5.32 Å². The van der Waals surface area contributed by atoms with Crippen LogP contribution in [0.1, 0.15) is 19.8 Å². The normalized spacial score (nSPS) is 19.5. The summed E-state index contributed by atoms with van der Waals surface area (Å²) in [5.74, 6) is 0. The van der Waals surface area contributed by atoms with Crippen LogP contribution in [0, 0.1) is 0 Å². The highest BCUT2D eigenvalue weighted by Gasteiger charge is 2.42. The molecule has 1 atom stereocenters. The zero-order valence-corrected chi connectivity index (χ0v) is 10.9. The Morgan fingerprint density at radius 3 is 2.06 bits per heavy atom. The van der Waals surface area contributed by atoms with Gasteiger partial charge in [0, 0.05) is 26.2 Å². The van der Waals surface area contributed by atoms with Crippen LogP contribution in [0.2, 0.25) is 0 Å². The third-order valence-corrected chi connectivity index (χ3v) is 2.53. The summed E-state index contributed by atoms with van der Waals surface area (Å²) < 4.78 is 37.9. The monoisotopic (exact) mass is 282 g/mol. The summed E-state index contributed by atoms with van der Waals surface area (Å²) in [6.45, 7) is 4.13. The third-order valence-electron chi connectivity index (χ3n) is 2.53. The standard InChI is InChI=1S/C9H17F3N2.2ClH/c1-2-3-8(9(10,11)12)14-6-4-13-5-7-14;;/h8,13H,2-7H2,1H3;2*1H/t8-;;/m1../s1. The first kappa shape index (κ1) is 18.6. The lowest BCUT2D eigenvalue weighted by molar-refractivity contribution is -0.186. The van der Waals surface area contributed by atoms with E-state index in [1.54, 1.807) is 11.8 Å². The Morgan fingerprint density at radius 2 is 1.69 bits per heavy atom. The Kier molecular flexibility index (Phi) is 9.78. The van der Waals surface area contributed by atoms with Crippen LogP contribution in [-0.2, 0) is 0 Å². The molecule has 0 amide bonds. The fourth-order valence-electron chi connectivity index (χ4n) is 1.82. The molecule has 1 rings (SSSR count). The van der Waals surface area contributed by atoms with Gasteiger partial charge in [-0.3, -0.25) is 4.90 Å². The molecule has 0 aromatic heterocycles. The van der Waals surface area contributed by atoms with E-state index in [0.717, 1.165) is 0 Å². The van der Waals surface area contributed by atoms with E-state index in [1.165, 1.54) is 0 Å². The van der Waals surface area contributed by atoms with Crippen LogP contribution in [-0.4, -0.2) is 43.3 Å². The second-order valence-corrected chi connectivity index (χ2v) is 3.63. The fraction of sp³-hybridized carbons (Fsp3) is 1.00. The minimum absolute atomic E-state index is 0. The molecule has 0 aromatic rings. The summed E-state index contributed by atoms with van der Waals surface area (Å²) in [7, 11) is 0. The van der Waals surface area contributed by atoms with Crippen LogP contribution >= 0.6 is 24.8 Å². The molecule has 100 valence electrons. The summed E-state index contributed by atoms with van der Waals surface area (Å²) in [6, 6.07) is -1.24. The third kappa shape index (κ3) is 5.57. The highest BCUT2D eigenvalue weighted by Crippen LogP contribution is 2.28.